The second-order valence-corrected chi connectivity index (χ2v) is 2.48. The molecule has 0 bridgehead atoms. The second kappa shape index (κ2) is 2.83. The van der Waals surface area contributed by atoms with Crippen molar-refractivity contribution in [1.82, 2.24) is 0 Å². The number of aliphatic hydroxyl groups is 1. The SMILES string of the molecule is C[C@@H]1C=CC=CC1CO. The van der Waals surface area contributed by atoms with Crippen molar-refractivity contribution in [3.63, 3.8) is 0 Å². The van der Waals surface area contributed by atoms with Gasteiger partial charge in [-0.25, -0.2) is 0 Å². The van der Waals surface area contributed by atoms with Crippen LogP contribution in [0.25, 0.3) is 0 Å². The predicted octanol–water partition coefficient (Wildman–Crippen LogP) is 1.36. The zero-order chi connectivity index (χ0) is 6.69. The van der Waals surface area contributed by atoms with Crippen LogP contribution in [-0.2, 0) is 0 Å². The lowest BCUT2D eigenvalue weighted by atomic mass is 9.91. The fourth-order valence-corrected chi connectivity index (χ4v) is 0.991. The third-order valence-corrected chi connectivity index (χ3v) is 1.77. The summed E-state index contributed by atoms with van der Waals surface area (Å²) in [5.74, 6) is 0.843. The molecule has 0 aliphatic heterocycles. The van der Waals surface area contributed by atoms with E-state index in [1.807, 2.05) is 18.2 Å². The average molecular weight is 124 g/mol. The lowest BCUT2D eigenvalue weighted by Crippen LogP contribution is -2.12. The van der Waals surface area contributed by atoms with Gasteiger partial charge in [0, 0.05) is 12.5 Å². The minimum Gasteiger partial charge on any atom is -0.396 e. The van der Waals surface area contributed by atoms with Crippen LogP contribution >= 0.6 is 0 Å². The molecule has 9 heavy (non-hydrogen) atoms. The molecule has 0 fully saturated rings. The summed E-state index contributed by atoms with van der Waals surface area (Å²) in [6.07, 6.45) is 8.17. The Morgan fingerprint density at radius 2 is 2.00 bits per heavy atom. The molecule has 0 aromatic rings. The van der Waals surface area contributed by atoms with E-state index in [0.29, 0.717) is 11.8 Å². The number of allylic oxidation sites excluding steroid dienone is 3. The zero-order valence-electron chi connectivity index (χ0n) is 5.62. The second-order valence-electron chi connectivity index (χ2n) is 2.48. The normalized spacial score (nSPS) is 33.1. The van der Waals surface area contributed by atoms with Crippen LogP contribution in [0.2, 0.25) is 0 Å². The van der Waals surface area contributed by atoms with E-state index in [4.69, 9.17) is 5.11 Å². The van der Waals surface area contributed by atoms with Gasteiger partial charge in [0.05, 0.1) is 0 Å². The lowest BCUT2D eigenvalue weighted by molar-refractivity contribution is 0.229. The van der Waals surface area contributed by atoms with E-state index in [-0.39, 0.29) is 6.61 Å². The van der Waals surface area contributed by atoms with Crippen LogP contribution in [0.3, 0.4) is 0 Å². The van der Waals surface area contributed by atoms with Gasteiger partial charge >= 0.3 is 0 Å². The minimum atomic E-state index is 0.266. The van der Waals surface area contributed by atoms with Crippen LogP contribution in [0, 0.1) is 11.8 Å². The Labute approximate surface area is 55.7 Å². The van der Waals surface area contributed by atoms with Crippen LogP contribution in [-0.4, -0.2) is 11.7 Å². The molecule has 0 aromatic carbocycles. The molecule has 0 amide bonds. The summed E-state index contributed by atoms with van der Waals surface area (Å²) in [6, 6.07) is 0. The Bertz CT molecular complexity index is 136. The van der Waals surface area contributed by atoms with E-state index >= 15 is 0 Å². The van der Waals surface area contributed by atoms with E-state index < -0.39 is 0 Å². The van der Waals surface area contributed by atoms with E-state index in [2.05, 4.69) is 13.0 Å². The van der Waals surface area contributed by atoms with E-state index in [0.717, 1.165) is 0 Å². The van der Waals surface area contributed by atoms with Gasteiger partial charge in [0.15, 0.2) is 0 Å². The topological polar surface area (TPSA) is 20.2 Å². The average Bonchev–Trinajstić information content (AvgIpc) is 1.89. The molecule has 1 aliphatic rings. The Hall–Kier alpha value is -0.560. The minimum absolute atomic E-state index is 0.266. The van der Waals surface area contributed by atoms with Crippen LogP contribution in [0.15, 0.2) is 24.3 Å². The van der Waals surface area contributed by atoms with Crippen LogP contribution in [0.1, 0.15) is 6.92 Å². The van der Waals surface area contributed by atoms with Gasteiger partial charge in [-0.05, 0) is 5.92 Å². The van der Waals surface area contributed by atoms with Gasteiger partial charge in [0.2, 0.25) is 0 Å². The Balaban J connectivity index is 2.55. The van der Waals surface area contributed by atoms with Crippen molar-refractivity contribution in [2.75, 3.05) is 6.61 Å². The summed E-state index contributed by atoms with van der Waals surface area (Å²) in [6.45, 7) is 2.38. The predicted molar refractivity (Wildman–Crippen MR) is 38.0 cm³/mol. The van der Waals surface area contributed by atoms with Gasteiger partial charge in [-0.15, -0.1) is 0 Å². The molecule has 1 unspecified atom stereocenters. The molecule has 1 aliphatic carbocycles. The molecular weight excluding hydrogens is 112 g/mol. The molecule has 0 spiro atoms. The Morgan fingerprint density at radius 3 is 2.44 bits per heavy atom. The van der Waals surface area contributed by atoms with E-state index in [1.54, 1.807) is 0 Å². The van der Waals surface area contributed by atoms with Crippen molar-refractivity contribution in [2.45, 2.75) is 6.92 Å². The van der Waals surface area contributed by atoms with Crippen molar-refractivity contribution in [3.05, 3.63) is 24.3 Å². The van der Waals surface area contributed by atoms with Crippen molar-refractivity contribution in [2.24, 2.45) is 11.8 Å². The van der Waals surface area contributed by atoms with Crippen LogP contribution in [0.5, 0.6) is 0 Å². The maximum atomic E-state index is 8.78. The number of aliphatic hydroxyl groups excluding tert-OH is 1. The maximum absolute atomic E-state index is 8.78. The van der Waals surface area contributed by atoms with Crippen molar-refractivity contribution < 1.29 is 5.11 Å². The quantitative estimate of drug-likeness (QED) is 0.559. The highest BCUT2D eigenvalue weighted by molar-refractivity contribution is 5.13. The molecule has 1 rings (SSSR count). The molecule has 0 saturated carbocycles. The summed E-state index contributed by atoms with van der Waals surface area (Å²) in [7, 11) is 0. The van der Waals surface area contributed by atoms with Gasteiger partial charge in [-0.1, -0.05) is 31.2 Å². The lowest BCUT2D eigenvalue weighted by Gasteiger charge is -2.16. The van der Waals surface area contributed by atoms with Gasteiger partial charge in [-0.3, -0.25) is 0 Å². The highest BCUT2D eigenvalue weighted by atomic mass is 16.3. The summed E-state index contributed by atoms with van der Waals surface area (Å²) in [4.78, 5) is 0. The van der Waals surface area contributed by atoms with Gasteiger partial charge in [0.25, 0.3) is 0 Å². The molecule has 0 saturated heterocycles. The van der Waals surface area contributed by atoms with Gasteiger partial charge < -0.3 is 5.11 Å². The number of hydrogen-bond donors (Lipinski definition) is 1. The van der Waals surface area contributed by atoms with Crippen molar-refractivity contribution in [3.8, 4) is 0 Å². The monoisotopic (exact) mass is 124 g/mol. The molecule has 0 aromatic heterocycles. The fourth-order valence-electron chi connectivity index (χ4n) is 0.991. The van der Waals surface area contributed by atoms with E-state index in [1.165, 1.54) is 0 Å². The first-order valence-corrected chi connectivity index (χ1v) is 3.30. The molecule has 1 N–H and O–H groups in total. The van der Waals surface area contributed by atoms with Crippen molar-refractivity contribution >= 4 is 0 Å². The maximum Gasteiger partial charge on any atom is 0.0499 e. The largest absolute Gasteiger partial charge is 0.396 e. The first kappa shape index (κ1) is 6.56. The Kier molecular flexibility index (Phi) is 2.06. The fraction of sp³-hybridized carbons (Fsp3) is 0.500. The smallest absolute Gasteiger partial charge is 0.0499 e. The van der Waals surface area contributed by atoms with Crippen LogP contribution in [0.4, 0.5) is 0 Å². The van der Waals surface area contributed by atoms with E-state index in [9.17, 15) is 0 Å². The van der Waals surface area contributed by atoms with Gasteiger partial charge in [-0.2, -0.15) is 0 Å². The number of rotatable bonds is 1. The highest BCUT2D eigenvalue weighted by Gasteiger charge is 2.11. The number of hydrogen-bond acceptors (Lipinski definition) is 1. The van der Waals surface area contributed by atoms with Crippen LogP contribution < -0.4 is 0 Å². The summed E-state index contributed by atoms with van der Waals surface area (Å²) >= 11 is 0. The first-order valence-electron chi connectivity index (χ1n) is 3.30. The molecule has 2 atom stereocenters. The summed E-state index contributed by atoms with van der Waals surface area (Å²) in [5, 5.41) is 8.78. The first-order chi connectivity index (χ1) is 4.34. The molecule has 0 heterocycles. The third-order valence-electron chi connectivity index (χ3n) is 1.77. The molecular formula is C8H12O. The summed E-state index contributed by atoms with van der Waals surface area (Å²) in [5.41, 5.74) is 0. The third kappa shape index (κ3) is 1.42. The molecule has 1 heteroatoms. The van der Waals surface area contributed by atoms with Gasteiger partial charge in [0.1, 0.15) is 0 Å². The molecule has 0 radical (unpaired) electrons. The van der Waals surface area contributed by atoms with Crippen molar-refractivity contribution in [1.29, 1.82) is 0 Å². The molecule has 50 valence electrons. The Morgan fingerprint density at radius 1 is 1.33 bits per heavy atom. The summed E-state index contributed by atoms with van der Waals surface area (Å²) < 4.78 is 0. The highest BCUT2D eigenvalue weighted by Crippen LogP contribution is 2.17. The standard InChI is InChI=1S/C8H12O/c1-7-4-2-3-5-8(7)6-9/h2-5,7-9H,6H2,1H3/t7-,8?/m1/s1. The zero-order valence-corrected chi connectivity index (χ0v) is 5.62. The molecule has 1 nitrogen and oxygen atoms in total.